The lowest BCUT2D eigenvalue weighted by Crippen LogP contribution is -2.24. The highest BCUT2D eigenvalue weighted by Gasteiger charge is 2.30. The molecular formula is C17H18N4O2S. The van der Waals surface area contributed by atoms with E-state index in [0.717, 1.165) is 72.0 Å². The molecule has 0 N–H and O–H groups in total. The standard InChI is InChI=1S/C17H18N4O2S/c1-9-12-16(18-11-5-3-2-4-8-21(11)17(12)22)24-13(9)15-19-14(20-23-15)10-6-7-10/h10H,2-8H2,1H3. The smallest absolute Gasteiger partial charge is 0.268 e. The van der Waals surface area contributed by atoms with E-state index in [9.17, 15) is 4.79 Å². The molecule has 24 heavy (non-hydrogen) atoms. The number of fused-ring (bicyclic) bond motifs is 2. The Bertz CT molecular complexity index is 996. The maximum atomic E-state index is 13.0. The molecule has 1 fully saturated rings. The summed E-state index contributed by atoms with van der Waals surface area (Å²) in [6.45, 7) is 2.73. The van der Waals surface area contributed by atoms with Crippen LogP contribution in [0.5, 0.6) is 0 Å². The van der Waals surface area contributed by atoms with Gasteiger partial charge in [0.1, 0.15) is 10.7 Å². The van der Waals surface area contributed by atoms with Crippen LogP contribution in [0.3, 0.4) is 0 Å². The van der Waals surface area contributed by atoms with Gasteiger partial charge in [-0.05, 0) is 38.2 Å². The third-order valence-electron chi connectivity index (χ3n) is 4.99. The van der Waals surface area contributed by atoms with Gasteiger partial charge in [-0.15, -0.1) is 11.3 Å². The van der Waals surface area contributed by atoms with E-state index in [-0.39, 0.29) is 5.56 Å². The Hall–Kier alpha value is -2.02. The van der Waals surface area contributed by atoms with E-state index in [0.29, 0.717) is 17.2 Å². The summed E-state index contributed by atoms with van der Waals surface area (Å²) in [6.07, 6.45) is 6.46. The minimum atomic E-state index is 0.0823. The Morgan fingerprint density at radius 2 is 2.08 bits per heavy atom. The van der Waals surface area contributed by atoms with Crippen molar-refractivity contribution in [1.82, 2.24) is 19.7 Å². The van der Waals surface area contributed by atoms with Gasteiger partial charge < -0.3 is 4.52 Å². The summed E-state index contributed by atoms with van der Waals surface area (Å²) in [5, 5.41) is 4.81. The highest BCUT2D eigenvalue weighted by molar-refractivity contribution is 7.22. The van der Waals surface area contributed by atoms with Gasteiger partial charge in [0.2, 0.25) is 0 Å². The van der Waals surface area contributed by atoms with Crippen molar-refractivity contribution in [2.75, 3.05) is 0 Å². The van der Waals surface area contributed by atoms with Crippen LogP contribution in [-0.4, -0.2) is 19.7 Å². The first-order valence-electron chi connectivity index (χ1n) is 8.59. The first-order chi connectivity index (χ1) is 11.7. The first-order valence-corrected chi connectivity index (χ1v) is 9.41. The maximum Gasteiger partial charge on any atom is 0.268 e. The third kappa shape index (κ3) is 2.14. The van der Waals surface area contributed by atoms with E-state index in [1.807, 2.05) is 11.5 Å². The van der Waals surface area contributed by atoms with Crippen LogP contribution in [0.4, 0.5) is 0 Å². The number of hydrogen-bond donors (Lipinski definition) is 0. The van der Waals surface area contributed by atoms with Crippen LogP contribution in [0, 0.1) is 6.92 Å². The lowest BCUT2D eigenvalue weighted by atomic mass is 10.2. The predicted molar refractivity (Wildman–Crippen MR) is 91.4 cm³/mol. The van der Waals surface area contributed by atoms with Crippen LogP contribution in [0.2, 0.25) is 0 Å². The van der Waals surface area contributed by atoms with Crippen molar-refractivity contribution >= 4 is 21.6 Å². The molecule has 0 unspecified atom stereocenters. The maximum absolute atomic E-state index is 13.0. The molecule has 3 aromatic heterocycles. The number of thiophene rings is 1. The molecule has 0 radical (unpaired) electrons. The van der Waals surface area contributed by atoms with E-state index >= 15 is 0 Å². The summed E-state index contributed by atoms with van der Waals surface area (Å²) in [4.78, 5) is 24.0. The van der Waals surface area contributed by atoms with E-state index in [4.69, 9.17) is 9.51 Å². The predicted octanol–water partition coefficient (Wildman–Crippen LogP) is 3.42. The van der Waals surface area contributed by atoms with Crippen LogP contribution >= 0.6 is 11.3 Å². The molecule has 7 heteroatoms. The van der Waals surface area contributed by atoms with Gasteiger partial charge in [0.05, 0.1) is 10.3 Å². The largest absolute Gasteiger partial charge is 0.333 e. The average Bonchev–Trinajstić information content (AvgIpc) is 3.28. The van der Waals surface area contributed by atoms with Gasteiger partial charge in [0.15, 0.2) is 5.82 Å². The summed E-state index contributed by atoms with van der Waals surface area (Å²) in [6, 6.07) is 0. The Morgan fingerprint density at radius 1 is 1.21 bits per heavy atom. The summed E-state index contributed by atoms with van der Waals surface area (Å²) in [7, 11) is 0. The molecule has 0 bridgehead atoms. The second kappa shape index (κ2) is 5.24. The topological polar surface area (TPSA) is 73.8 Å². The van der Waals surface area contributed by atoms with E-state index in [1.54, 1.807) is 0 Å². The second-order valence-corrected chi connectivity index (χ2v) is 7.76. The molecule has 2 aliphatic rings. The fourth-order valence-corrected chi connectivity index (χ4v) is 4.56. The normalized spacial score (nSPS) is 17.9. The minimum Gasteiger partial charge on any atom is -0.333 e. The zero-order valence-corrected chi connectivity index (χ0v) is 14.4. The van der Waals surface area contributed by atoms with Crippen molar-refractivity contribution in [3.05, 3.63) is 27.6 Å². The van der Waals surface area contributed by atoms with E-state index in [2.05, 4.69) is 10.1 Å². The average molecular weight is 342 g/mol. The van der Waals surface area contributed by atoms with E-state index < -0.39 is 0 Å². The fourth-order valence-electron chi connectivity index (χ4n) is 3.45. The first kappa shape index (κ1) is 14.3. The quantitative estimate of drug-likeness (QED) is 0.713. The van der Waals surface area contributed by atoms with Crippen LogP contribution in [0.1, 0.15) is 55.2 Å². The molecule has 4 heterocycles. The molecule has 1 saturated carbocycles. The fraction of sp³-hybridized carbons (Fsp3) is 0.529. The van der Waals surface area contributed by atoms with Crippen molar-refractivity contribution in [2.24, 2.45) is 0 Å². The zero-order chi connectivity index (χ0) is 16.3. The van der Waals surface area contributed by atoms with Gasteiger partial charge in [-0.1, -0.05) is 11.6 Å². The lowest BCUT2D eigenvalue weighted by molar-refractivity contribution is 0.423. The molecule has 124 valence electrons. The molecule has 1 aliphatic carbocycles. The summed E-state index contributed by atoms with van der Waals surface area (Å²) in [5.41, 5.74) is 0.997. The number of hydrogen-bond acceptors (Lipinski definition) is 6. The van der Waals surface area contributed by atoms with E-state index in [1.165, 1.54) is 11.3 Å². The summed E-state index contributed by atoms with van der Waals surface area (Å²) in [5.74, 6) is 2.69. The van der Waals surface area contributed by atoms with Crippen LogP contribution in [0.15, 0.2) is 9.32 Å². The van der Waals surface area contributed by atoms with Crippen molar-refractivity contribution in [3.8, 4) is 10.8 Å². The Balaban J connectivity index is 1.69. The zero-order valence-electron chi connectivity index (χ0n) is 13.5. The van der Waals surface area contributed by atoms with Gasteiger partial charge in [-0.25, -0.2) is 4.98 Å². The molecular weight excluding hydrogens is 324 g/mol. The van der Waals surface area contributed by atoms with Crippen LogP contribution in [-0.2, 0) is 13.0 Å². The van der Waals surface area contributed by atoms with Gasteiger partial charge >= 0.3 is 0 Å². The van der Waals surface area contributed by atoms with Gasteiger partial charge in [0, 0.05) is 18.9 Å². The van der Waals surface area contributed by atoms with Gasteiger partial charge in [-0.2, -0.15) is 4.98 Å². The highest BCUT2D eigenvalue weighted by atomic mass is 32.1. The molecule has 5 rings (SSSR count). The van der Waals surface area contributed by atoms with Crippen LogP contribution in [0.25, 0.3) is 21.0 Å². The van der Waals surface area contributed by atoms with Crippen molar-refractivity contribution < 1.29 is 4.52 Å². The molecule has 1 aliphatic heterocycles. The second-order valence-electron chi connectivity index (χ2n) is 6.76. The molecule has 0 atom stereocenters. The number of aryl methyl sites for hydroxylation is 2. The number of rotatable bonds is 2. The van der Waals surface area contributed by atoms with Gasteiger partial charge in [-0.3, -0.25) is 9.36 Å². The third-order valence-corrected chi connectivity index (χ3v) is 6.16. The summed E-state index contributed by atoms with van der Waals surface area (Å²) < 4.78 is 7.32. The molecule has 6 nitrogen and oxygen atoms in total. The van der Waals surface area contributed by atoms with Crippen molar-refractivity contribution in [1.29, 1.82) is 0 Å². The highest BCUT2D eigenvalue weighted by Crippen LogP contribution is 2.41. The Morgan fingerprint density at radius 3 is 2.92 bits per heavy atom. The minimum absolute atomic E-state index is 0.0823. The molecule has 0 amide bonds. The van der Waals surface area contributed by atoms with Crippen molar-refractivity contribution in [2.45, 2.75) is 57.9 Å². The SMILES string of the molecule is Cc1c(-c2nc(C3CC3)no2)sc2nc3n(c(=O)c12)CCCCC3. The van der Waals surface area contributed by atoms with Gasteiger partial charge in [0.25, 0.3) is 11.4 Å². The number of nitrogens with zero attached hydrogens (tertiary/aromatic N) is 4. The van der Waals surface area contributed by atoms with Crippen molar-refractivity contribution in [3.63, 3.8) is 0 Å². The molecule has 3 aromatic rings. The van der Waals surface area contributed by atoms with Crippen LogP contribution < -0.4 is 5.56 Å². The monoisotopic (exact) mass is 342 g/mol. The molecule has 0 spiro atoms. The summed E-state index contributed by atoms with van der Waals surface area (Å²) >= 11 is 1.50. The Labute approximate surface area is 142 Å². The molecule has 0 saturated heterocycles. The Kier molecular flexibility index (Phi) is 3.13. The number of aromatic nitrogens is 4. The molecule has 0 aromatic carbocycles. The lowest BCUT2D eigenvalue weighted by Gasteiger charge is -2.08.